The fraction of sp³-hybridized carbons (Fsp3) is 0.222. The Hall–Kier alpha value is -3.42. The average Bonchev–Trinajstić information content (AvgIpc) is 3.19. The molecule has 0 saturated carbocycles. The molecular formula is C18H17N7O. The van der Waals surface area contributed by atoms with Gasteiger partial charge in [0.05, 0.1) is 23.5 Å². The van der Waals surface area contributed by atoms with E-state index >= 15 is 0 Å². The van der Waals surface area contributed by atoms with Crippen LogP contribution in [0.5, 0.6) is 0 Å². The van der Waals surface area contributed by atoms with E-state index in [0.29, 0.717) is 23.9 Å². The zero-order valence-corrected chi connectivity index (χ0v) is 14.0. The standard InChI is InChI=1S/C18H17N7O/c26-17(13-3-1-6-19-11-13)25-10-2-4-15(25)14-5-7-22-18(23-14)24-16-12-20-8-9-21-16/h1,3,5-9,11-12,15H,2,4,10H2,(H,21,22,23,24). The Labute approximate surface area is 150 Å². The first-order valence-corrected chi connectivity index (χ1v) is 8.38. The van der Waals surface area contributed by atoms with Crippen molar-refractivity contribution in [1.82, 2.24) is 29.8 Å². The maximum atomic E-state index is 12.8. The van der Waals surface area contributed by atoms with Crippen molar-refractivity contribution < 1.29 is 4.79 Å². The predicted octanol–water partition coefficient (Wildman–Crippen LogP) is 2.38. The molecule has 3 aromatic heterocycles. The van der Waals surface area contributed by atoms with Crippen LogP contribution in [0.2, 0.25) is 0 Å². The average molecular weight is 347 g/mol. The van der Waals surface area contributed by atoms with Crippen LogP contribution >= 0.6 is 0 Å². The summed E-state index contributed by atoms with van der Waals surface area (Å²) in [5.74, 6) is 0.977. The fourth-order valence-electron chi connectivity index (χ4n) is 3.07. The molecule has 1 aliphatic heterocycles. The van der Waals surface area contributed by atoms with Crippen LogP contribution in [0.25, 0.3) is 0 Å². The van der Waals surface area contributed by atoms with Crippen LogP contribution in [-0.4, -0.2) is 42.3 Å². The molecule has 8 nitrogen and oxygen atoms in total. The van der Waals surface area contributed by atoms with Crippen LogP contribution in [0, 0.1) is 0 Å². The molecule has 0 radical (unpaired) electrons. The van der Waals surface area contributed by atoms with Gasteiger partial charge in [-0.15, -0.1) is 0 Å². The first-order chi connectivity index (χ1) is 12.8. The highest BCUT2D eigenvalue weighted by atomic mass is 16.2. The molecule has 1 atom stereocenters. The number of hydrogen-bond acceptors (Lipinski definition) is 7. The summed E-state index contributed by atoms with van der Waals surface area (Å²) in [6, 6.07) is 5.33. The van der Waals surface area contributed by atoms with Crippen molar-refractivity contribution in [3.63, 3.8) is 0 Å². The van der Waals surface area contributed by atoms with E-state index in [0.717, 1.165) is 18.5 Å². The number of likely N-dealkylation sites (tertiary alicyclic amines) is 1. The smallest absolute Gasteiger partial charge is 0.255 e. The first kappa shape index (κ1) is 16.1. The fourth-order valence-corrected chi connectivity index (χ4v) is 3.07. The van der Waals surface area contributed by atoms with E-state index in [-0.39, 0.29) is 11.9 Å². The minimum absolute atomic E-state index is 0.0253. The molecule has 0 aliphatic carbocycles. The molecule has 1 aliphatic rings. The summed E-state index contributed by atoms with van der Waals surface area (Å²) in [6.07, 6.45) is 11.5. The Balaban J connectivity index is 1.56. The minimum Gasteiger partial charge on any atom is -0.330 e. The lowest BCUT2D eigenvalue weighted by molar-refractivity contribution is 0.0732. The number of aromatic nitrogens is 5. The molecule has 0 aromatic carbocycles. The number of carbonyl (C=O) groups excluding carboxylic acids is 1. The van der Waals surface area contributed by atoms with Crippen LogP contribution in [-0.2, 0) is 0 Å². The van der Waals surface area contributed by atoms with Gasteiger partial charge in [-0.05, 0) is 31.0 Å². The van der Waals surface area contributed by atoms with Crippen molar-refractivity contribution in [2.24, 2.45) is 0 Å². The Morgan fingerprint density at radius 2 is 2.00 bits per heavy atom. The second-order valence-electron chi connectivity index (χ2n) is 5.92. The van der Waals surface area contributed by atoms with E-state index in [1.54, 1.807) is 49.3 Å². The number of rotatable bonds is 4. The van der Waals surface area contributed by atoms with Crippen LogP contribution < -0.4 is 5.32 Å². The van der Waals surface area contributed by atoms with Gasteiger partial charge < -0.3 is 10.2 Å². The Morgan fingerprint density at radius 1 is 1.08 bits per heavy atom. The number of anilines is 2. The van der Waals surface area contributed by atoms with Gasteiger partial charge >= 0.3 is 0 Å². The molecule has 0 spiro atoms. The summed E-state index contributed by atoms with van der Waals surface area (Å²) in [6.45, 7) is 0.704. The van der Waals surface area contributed by atoms with Crippen molar-refractivity contribution in [3.8, 4) is 0 Å². The number of nitrogens with zero attached hydrogens (tertiary/aromatic N) is 6. The van der Waals surface area contributed by atoms with E-state index in [9.17, 15) is 4.79 Å². The second-order valence-corrected chi connectivity index (χ2v) is 5.92. The van der Waals surface area contributed by atoms with Gasteiger partial charge in [0.25, 0.3) is 5.91 Å². The van der Waals surface area contributed by atoms with Gasteiger partial charge in [-0.3, -0.25) is 14.8 Å². The first-order valence-electron chi connectivity index (χ1n) is 8.38. The topological polar surface area (TPSA) is 96.8 Å². The zero-order valence-electron chi connectivity index (χ0n) is 14.0. The molecule has 0 bridgehead atoms. The summed E-state index contributed by atoms with van der Waals surface area (Å²) >= 11 is 0. The summed E-state index contributed by atoms with van der Waals surface area (Å²) in [7, 11) is 0. The maximum absolute atomic E-state index is 12.8. The van der Waals surface area contributed by atoms with Crippen LogP contribution in [0.1, 0.15) is 34.9 Å². The molecular weight excluding hydrogens is 330 g/mol. The van der Waals surface area contributed by atoms with Gasteiger partial charge in [0.1, 0.15) is 0 Å². The molecule has 1 fully saturated rings. The molecule has 8 heteroatoms. The van der Waals surface area contributed by atoms with Gasteiger partial charge in [0.15, 0.2) is 5.82 Å². The highest BCUT2D eigenvalue weighted by molar-refractivity contribution is 5.94. The number of pyridine rings is 1. The van der Waals surface area contributed by atoms with E-state index in [4.69, 9.17) is 0 Å². The van der Waals surface area contributed by atoms with Crippen LogP contribution in [0.15, 0.2) is 55.4 Å². The number of carbonyl (C=O) groups is 1. The third-order valence-electron chi connectivity index (χ3n) is 4.24. The lowest BCUT2D eigenvalue weighted by atomic mass is 10.1. The van der Waals surface area contributed by atoms with Gasteiger partial charge in [-0.25, -0.2) is 15.0 Å². The summed E-state index contributed by atoms with van der Waals surface area (Å²) in [5, 5.41) is 3.03. The van der Waals surface area contributed by atoms with Gasteiger partial charge in [0.2, 0.25) is 5.95 Å². The number of amides is 1. The highest BCUT2D eigenvalue weighted by Gasteiger charge is 2.31. The summed E-state index contributed by atoms with van der Waals surface area (Å²) in [4.78, 5) is 35.7. The van der Waals surface area contributed by atoms with Gasteiger partial charge in [-0.1, -0.05) is 0 Å². The predicted molar refractivity (Wildman–Crippen MR) is 94.6 cm³/mol. The molecule has 26 heavy (non-hydrogen) atoms. The molecule has 1 N–H and O–H groups in total. The lowest BCUT2D eigenvalue weighted by Gasteiger charge is -2.24. The van der Waals surface area contributed by atoms with E-state index < -0.39 is 0 Å². The SMILES string of the molecule is O=C(c1cccnc1)N1CCCC1c1ccnc(Nc2cnccn2)n1. The van der Waals surface area contributed by atoms with Gasteiger partial charge in [0, 0.05) is 37.5 Å². The maximum Gasteiger partial charge on any atom is 0.255 e. The monoisotopic (exact) mass is 347 g/mol. The van der Waals surface area contributed by atoms with Crippen LogP contribution in [0.3, 0.4) is 0 Å². The lowest BCUT2D eigenvalue weighted by Crippen LogP contribution is -2.31. The molecule has 3 aromatic rings. The van der Waals surface area contributed by atoms with Gasteiger partial charge in [-0.2, -0.15) is 0 Å². The Morgan fingerprint density at radius 3 is 2.81 bits per heavy atom. The third kappa shape index (κ3) is 3.34. The number of nitrogens with one attached hydrogen (secondary N) is 1. The molecule has 1 unspecified atom stereocenters. The zero-order chi connectivity index (χ0) is 17.8. The molecule has 4 heterocycles. The Bertz CT molecular complexity index is 888. The second kappa shape index (κ2) is 7.22. The van der Waals surface area contributed by atoms with E-state index in [2.05, 4.69) is 30.2 Å². The normalized spacial score (nSPS) is 16.5. The minimum atomic E-state index is -0.0758. The van der Waals surface area contributed by atoms with E-state index in [1.165, 1.54) is 0 Å². The van der Waals surface area contributed by atoms with Crippen molar-refractivity contribution in [3.05, 3.63) is 66.6 Å². The summed E-state index contributed by atoms with van der Waals surface area (Å²) in [5.41, 5.74) is 1.40. The largest absolute Gasteiger partial charge is 0.330 e. The Kier molecular flexibility index (Phi) is 4.46. The third-order valence-corrected chi connectivity index (χ3v) is 4.24. The van der Waals surface area contributed by atoms with Crippen molar-refractivity contribution in [1.29, 1.82) is 0 Å². The van der Waals surface area contributed by atoms with Crippen LogP contribution in [0.4, 0.5) is 11.8 Å². The molecule has 1 saturated heterocycles. The molecule has 130 valence electrons. The number of hydrogen-bond donors (Lipinski definition) is 1. The van der Waals surface area contributed by atoms with E-state index in [1.807, 2.05) is 11.0 Å². The molecule has 4 rings (SSSR count). The summed E-state index contributed by atoms with van der Waals surface area (Å²) < 4.78 is 0. The van der Waals surface area contributed by atoms with Crippen molar-refractivity contribution in [2.45, 2.75) is 18.9 Å². The van der Waals surface area contributed by atoms with Crippen molar-refractivity contribution in [2.75, 3.05) is 11.9 Å². The molecule has 1 amide bonds. The quantitative estimate of drug-likeness (QED) is 0.774. The highest BCUT2D eigenvalue weighted by Crippen LogP contribution is 2.32. The van der Waals surface area contributed by atoms with Crippen molar-refractivity contribution >= 4 is 17.7 Å².